The third-order valence-electron chi connectivity index (χ3n) is 5.41. The SMILES string of the molecule is CC1(c2ccccc2)NC(=O)N(CC(=O)Nc2ccccc2NC(=O)c2ccccc2)C1=O. The molecule has 1 heterocycles. The van der Waals surface area contributed by atoms with Gasteiger partial charge in [-0.1, -0.05) is 60.7 Å². The van der Waals surface area contributed by atoms with Crippen molar-refractivity contribution in [3.8, 4) is 0 Å². The number of carbonyl (C=O) groups excluding carboxylic acids is 4. The maximum atomic E-state index is 13.0. The van der Waals surface area contributed by atoms with Crippen LogP contribution >= 0.6 is 0 Å². The molecule has 0 saturated carbocycles. The highest BCUT2D eigenvalue weighted by Crippen LogP contribution is 2.29. The van der Waals surface area contributed by atoms with E-state index in [1.54, 1.807) is 79.7 Å². The average Bonchev–Trinajstić information content (AvgIpc) is 3.05. The van der Waals surface area contributed by atoms with Gasteiger partial charge in [0.25, 0.3) is 11.8 Å². The second-order valence-corrected chi connectivity index (χ2v) is 7.73. The van der Waals surface area contributed by atoms with Crippen LogP contribution in [0.1, 0.15) is 22.8 Å². The number of nitrogens with zero attached hydrogens (tertiary/aromatic N) is 1. The topological polar surface area (TPSA) is 108 Å². The quantitative estimate of drug-likeness (QED) is 0.509. The number of hydrogen-bond donors (Lipinski definition) is 3. The number of amides is 5. The van der Waals surface area contributed by atoms with Crippen LogP contribution in [-0.2, 0) is 15.1 Å². The van der Waals surface area contributed by atoms with Gasteiger partial charge < -0.3 is 16.0 Å². The first-order valence-electron chi connectivity index (χ1n) is 10.3. The molecular weight excluding hydrogens is 420 g/mol. The zero-order valence-electron chi connectivity index (χ0n) is 17.9. The smallest absolute Gasteiger partial charge is 0.323 e. The van der Waals surface area contributed by atoms with Gasteiger partial charge in [0, 0.05) is 5.56 Å². The molecule has 0 radical (unpaired) electrons. The summed E-state index contributed by atoms with van der Waals surface area (Å²) >= 11 is 0. The maximum Gasteiger partial charge on any atom is 0.325 e. The van der Waals surface area contributed by atoms with Crippen molar-refractivity contribution >= 4 is 35.1 Å². The zero-order chi connectivity index (χ0) is 23.4. The monoisotopic (exact) mass is 442 g/mol. The second kappa shape index (κ2) is 8.96. The largest absolute Gasteiger partial charge is 0.325 e. The van der Waals surface area contributed by atoms with Gasteiger partial charge in [-0.15, -0.1) is 0 Å². The summed E-state index contributed by atoms with van der Waals surface area (Å²) in [6.07, 6.45) is 0. The van der Waals surface area contributed by atoms with Crippen molar-refractivity contribution in [2.24, 2.45) is 0 Å². The van der Waals surface area contributed by atoms with Gasteiger partial charge in [-0.3, -0.25) is 19.3 Å². The van der Waals surface area contributed by atoms with Crippen LogP contribution in [0.25, 0.3) is 0 Å². The number of hydrogen-bond acceptors (Lipinski definition) is 4. The first-order valence-corrected chi connectivity index (χ1v) is 10.3. The van der Waals surface area contributed by atoms with Gasteiger partial charge in [0.15, 0.2) is 0 Å². The Bertz CT molecular complexity index is 1210. The van der Waals surface area contributed by atoms with Crippen LogP contribution in [0, 0.1) is 0 Å². The summed E-state index contributed by atoms with van der Waals surface area (Å²) in [4.78, 5) is 51.6. The molecule has 0 aliphatic carbocycles. The van der Waals surface area contributed by atoms with Gasteiger partial charge in [-0.25, -0.2) is 4.79 Å². The highest BCUT2D eigenvalue weighted by Gasteiger charge is 2.49. The van der Waals surface area contributed by atoms with Gasteiger partial charge in [0.2, 0.25) is 5.91 Å². The summed E-state index contributed by atoms with van der Waals surface area (Å²) < 4.78 is 0. The van der Waals surface area contributed by atoms with Crippen molar-refractivity contribution in [3.05, 3.63) is 96.1 Å². The Balaban J connectivity index is 1.46. The number of para-hydroxylation sites is 2. The molecule has 1 aliphatic heterocycles. The minimum Gasteiger partial charge on any atom is -0.323 e. The van der Waals surface area contributed by atoms with E-state index in [0.717, 1.165) is 4.90 Å². The fourth-order valence-corrected chi connectivity index (χ4v) is 3.63. The second-order valence-electron chi connectivity index (χ2n) is 7.73. The van der Waals surface area contributed by atoms with Crippen LogP contribution in [0.15, 0.2) is 84.9 Å². The molecular formula is C25H22N4O4. The molecule has 3 aromatic carbocycles. The summed E-state index contributed by atoms with van der Waals surface area (Å²) in [6, 6.07) is 23.6. The van der Waals surface area contributed by atoms with Crippen LogP contribution in [0.4, 0.5) is 16.2 Å². The molecule has 1 unspecified atom stereocenters. The van der Waals surface area contributed by atoms with Crippen LogP contribution in [0.3, 0.4) is 0 Å². The van der Waals surface area contributed by atoms with Crippen LogP contribution in [0.5, 0.6) is 0 Å². The molecule has 3 N–H and O–H groups in total. The predicted octanol–water partition coefficient (Wildman–Crippen LogP) is 3.34. The van der Waals surface area contributed by atoms with E-state index in [1.165, 1.54) is 0 Å². The first kappa shape index (κ1) is 21.8. The van der Waals surface area contributed by atoms with E-state index in [2.05, 4.69) is 16.0 Å². The third kappa shape index (κ3) is 4.45. The molecule has 3 aromatic rings. The van der Waals surface area contributed by atoms with Crippen molar-refractivity contribution in [1.29, 1.82) is 0 Å². The molecule has 8 heteroatoms. The van der Waals surface area contributed by atoms with E-state index in [4.69, 9.17) is 0 Å². The number of anilines is 2. The predicted molar refractivity (Wildman–Crippen MR) is 124 cm³/mol. The van der Waals surface area contributed by atoms with E-state index in [1.807, 2.05) is 12.1 Å². The van der Waals surface area contributed by atoms with E-state index in [0.29, 0.717) is 22.5 Å². The van der Waals surface area contributed by atoms with Crippen LogP contribution in [0.2, 0.25) is 0 Å². The molecule has 1 saturated heterocycles. The Hall–Kier alpha value is -4.46. The van der Waals surface area contributed by atoms with Crippen molar-refractivity contribution < 1.29 is 19.2 Å². The molecule has 4 rings (SSSR count). The lowest BCUT2D eigenvalue weighted by Crippen LogP contribution is -2.42. The lowest BCUT2D eigenvalue weighted by Gasteiger charge is -2.22. The van der Waals surface area contributed by atoms with Crippen molar-refractivity contribution in [1.82, 2.24) is 10.2 Å². The molecule has 1 fully saturated rings. The highest BCUT2D eigenvalue weighted by molar-refractivity contribution is 6.11. The molecule has 166 valence electrons. The summed E-state index contributed by atoms with van der Waals surface area (Å²) in [7, 11) is 0. The summed E-state index contributed by atoms with van der Waals surface area (Å²) in [5.74, 6) is -1.42. The Morgan fingerprint density at radius 1 is 0.818 bits per heavy atom. The van der Waals surface area contributed by atoms with Gasteiger partial charge in [0.05, 0.1) is 11.4 Å². The molecule has 0 spiro atoms. The molecule has 0 aromatic heterocycles. The molecule has 33 heavy (non-hydrogen) atoms. The number of urea groups is 1. The van der Waals surface area contributed by atoms with E-state index in [-0.39, 0.29) is 5.91 Å². The summed E-state index contributed by atoms with van der Waals surface area (Å²) in [6.45, 7) is 1.14. The zero-order valence-corrected chi connectivity index (χ0v) is 17.9. The number of rotatable bonds is 6. The van der Waals surface area contributed by atoms with Gasteiger partial charge in [-0.05, 0) is 36.8 Å². The lowest BCUT2D eigenvalue weighted by molar-refractivity contribution is -0.133. The van der Waals surface area contributed by atoms with Gasteiger partial charge in [-0.2, -0.15) is 0 Å². The maximum absolute atomic E-state index is 13.0. The minimum atomic E-state index is -1.25. The fraction of sp³-hybridized carbons (Fsp3) is 0.120. The van der Waals surface area contributed by atoms with Crippen molar-refractivity contribution in [2.75, 3.05) is 17.2 Å². The molecule has 5 amide bonds. The normalized spacial score (nSPS) is 17.4. The Labute approximate surface area is 190 Å². The summed E-state index contributed by atoms with van der Waals surface area (Å²) in [5.41, 5.74) is 0.592. The molecule has 1 atom stereocenters. The van der Waals surface area contributed by atoms with Gasteiger partial charge in [0.1, 0.15) is 12.1 Å². The van der Waals surface area contributed by atoms with Gasteiger partial charge >= 0.3 is 6.03 Å². The Morgan fingerprint density at radius 2 is 1.36 bits per heavy atom. The van der Waals surface area contributed by atoms with Crippen molar-refractivity contribution in [3.63, 3.8) is 0 Å². The summed E-state index contributed by atoms with van der Waals surface area (Å²) in [5, 5.41) is 8.11. The lowest BCUT2D eigenvalue weighted by atomic mass is 9.92. The van der Waals surface area contributed by atoms with Crippen molar-refractivity contribution in [2.45, 2.75) is 12.5 Å². The molecule has 8 nitrogen and oxygen atoms in total. The van der Waals surface area contributed by atoms with E-state index >= 15 is 0 Å². The Kier molecular flexibility index (Phi) is 5.91. The van der Waals surface area contributed by atoms with E-state index < -0.39 is 29.9 Å². The molecule has 0 bridgehead atoms. The minimum absolute atomic E-state index is 0.329. The standard InChI is InChI=1S/C25H22N4O4/c1-25(18-12-6-3-7-13-18)23(32)29(24(33)28-25)16-21(30)26-19-14-8-9-15-20(19)27-22(31)17-10-4-2-5-11-17/h2-15H,16H2,1H3,(H,26,30)(H,27,31)(H,28,33). The van der Waals surface area contributed by atoms with Crippen LogP contribution in [-0.4, -0.2) is 35.2 Å². The first-order chi connectivity index (χ1) is 15.9. The van der Waals surface area contributed by atoms with E-state index in [9.17, 15) is 19.2 Å². The number of carbonyl (C=O) groups is 4. The Morgan fingerprint density at radius 3 is 2.00 bits per heavy atom. The highest BCUT2D eigenvalue weighted by atomic mass is 16.2. The third-order valence-corrected chi connectivity index (χ3v) is 5.41. The molecule has 1 aliphatic rings. The average molecular weight is 442 g/mol. The van der Waals surface area contributed by atoms with Crippen LogP contribution < -0.4 is 16.0 Å². The number of imide groups is 1. The number of nitrogens with one attached hydrogen (secondary N) is 3. The fourth-order valence-electron chi connectivity index (χ4n) is 3.63. The number of benzene rings is 3.